The quantitative estimate of drug-likeness (QED) is 0.466. The van der Waals surface area contributed by atoms with Crippen molar-refractivity contribution in [3.05, 3.63) is 64.8 Å². The van der Waals surface area contributed by atoms with E-state index in [-0.39, 0.29) is 16.3 Å². The zero-order valence-corrected chi connectivity index (χ0v) is 13.6. The zero-order valence-electron chi connectivity index (χ0n) is 12.8. The minimum absolute atomic E-state index is 0.0741. The lowest BCUT2D eigenvalue weighted by molar-refractivity contribution is -0.137. The van der Waals surface area contributed by atoms with Crippen LogP contribution in [0.4, 0.5) is 23.2 Å². The minimum atomic E-state index is -4.55. The van der Waals surface area contributed by atoms with E-state index in [0.717, 1.165) is 6.07 Å². The van der Waals surface area contributed by atoms with Gasteiger partial charge >= 0.3 is 6.18 Å². The van der Waals surface area contributed by atoms with Gasteiger partial charge in [-0.25, -0.2) is 4.39 Å². The number of nitrogens with zero attached hydrogens (tertiary/aromatic N) is 2. The molecule has 2 rings (SSSR count). The molecule has 0 aliphatic rings. The average Bonchev–Trinajstić information content (AvgIpc) is 2.56. The number of benzene rings is 1. The fourth-order valence-corrected chi connectivity index (χ4v) is 2.04. The van der Waals surface area contributed by atoms with E-state index in [0.29, 0.717) is 11.9 Å². The SMILES string of the molecule is CON/C=C(/C=Nc1ccc(F)cc1)c1ncc(C(F)(F)F)cc1Cl. The van der Waals surface area contributed by atoms with Gasteiger partial charge in [-0.1, -0.05) is 11.6 Å². The highest BCUT2D eigenvalue weighted by molar-refractivity contribution is 6.33. The van der Waals surface area contributed by atoms with Gasteiger partial charge in [0.05, 0.1) is 29.1 Å². The predicted molar refractivity (Wildman–Crippen MR) is 86.9 cm³/mol. The van der Waals surface area contributed by atoms with Gasteiger partial charge in [-0.15, -0.1) is 0 Å². The second kappa shape index (κ2) is 8.09. The number of nitrogens with one attached hydrogen (secondary N) is 1. The van der Waals surface area contributed by atoms with Crippen LogP contribution in [0.25, 0.3) is 5.57 Å². The lowest BCUT2D eigenvalue weighted by Crippen LogP contribution is -2.08. The first-order valence-corrected chi connectivity index (χ1v) is 7.20. The maximum absolute atomic E-state index is 12.9. The Kier molecular flexibility index (Phi) is 6.11. The van der Waals surface area contributed by atoms with Crippen molar-refractivity contribution in [2.24, 2.45) is 4.99 Å². The van der Waals surface area contributed by atoms with E-state index in [4.69, 9.17) is 16.4 Å². The third-order valence-corrected chi connectivity index (χ3v) is 3.24. The molecule has 1 heterocycles. The summed E-state index contributed by atoms with van der Waals surface area (Å²) in [6.07, 6.45) is -1.23. The molecule has 0 saturated heterocycles. The molecule has 1 N–H and O–H groups in total. The summed E-state index contributed by atoms with van der Waals surface area (Å²) < 4.78 is 51.0. The number of allylic oxidation sites excluding steroid dienone is 1. The van der Waals surface area contributed by atoms with Crippen LogP contribution < -0.4 is 5.48 Å². The van der Waals surface area contributed by atoms with Crippen LogP contribution in [0.2, 0.25) is 5.02 Å². The van der Waals surface area contributed by atoms with Gasteiger partial charge < -0.3 is 0 Å². The Morgan fingerprint density at radius 3 is 2.52 bits per heavy atom. The largest absolute Gasteiger partial charge is 0.417 e. The molecule has 25 heavy (non-hydrogen) atoms. The Morgan fingerprint density at radius 1 is 1.28 bits per heavy atom. The van der Waals surface area contributed by atoms with E-state index in [1.807, 2.05) is 0 Å². The van der Waals surface area contributed by atoms with Gasteiger partial charge in [-0.3, -0.25) is 20.3 Å². The highest BCUT2D eigenvalue weighted by Crippen LogP contribution is 2.32. The van der Waals surface area contributed by atoms with Gasteiger partial charge in [0.2, 0.25) is 0 Å². The van der Waals surface area contributed by atoms with E-state index in [1.165, 1.54) is 43.8 Å². The van der Waals surface area contributed by atoms with Crippen molar-refractivity contribution >= 4 is 29.1 Å². The first-order valence-electron chi connectivity index (χ1n) is 6.82. The fourth-order valence-electron chi connectivity index (χ4n) is 1.77. The summed E-state index contributed by atoms with van der Waals surface area (Å²) in [4.78, 5) is 12.6. The smallest absolute Gasteiger partial charge is 0.280 e. The molecule has 0 saturated carbocycles. The van der Waals surface area contributed by atoms with Gasteiger partial charge in [-0.05, 0) is 30.3 Å². The molecule has 9 heteroatoms. The second-order valence-electron chi connectivity index (χ2n) is 4.71. The van der Waals surface area contributed by atoms with Crippen molar-refractivity contribution in [2.75, 3.05) is 7.11 Å². The molecule has 0 bridgehead atoms. The number of hydrogen-bond acceptors (Lipinski definition) is 4. The molecule has 1 aromatic carbocycles. The molecule has 0 fully saturated rings. The molecule has 0 amide bonds. The number of alkyl halides is 3. The number of hydroxylamine groups is 1. The van der Waals surface area contributed by atoms with Gasteiger partial charge in [0.25, 0.3) is 0 Å². The normalized spacial score (nSPS) is 12.6. The summed E-state index contributed by atoms with van der Waals surface area (Å²) in [5.41, 5.74) is 2.25. The molecule has 0 radical (unpaired) electrons. The van der Waals surface area contributed by atoms with Crippen LogP contribution in [0.15, 0.2) is 47.7 Å². The van der Waals surface area contributed by atoms with Crippen molar-refractivity contribution in [3.8, 4) is 0 Å². The number of halogens is 5. The predicted octanol–water partition coefficient (Wildman–Crippen LogP) is 4.79. The first kappa shape index (κ1) is 18.9. The van der Waals surface area contributed by atoms with Crippen LogP contribution in [-0.4, -0.2) is 18.3 Å². The van der Waals surface area contributed by atoms with Crippen LogP contribution in [0.3, 0.4) is 0 Å². The molecule has 0 spiro atoms. The summed E-state index contributed by atoms with van der Waals surface area (Å²) >= 11 is 5.93. The number of rotatable bonds is 5. The molecule has 0 unspecified atom stereocenters. The second-order valence-corrected chi connectivity index (χ2v) is 5.12. The van der Waals surface area contributed by atoms with Crippen molar-refractivity contribution in [1.29, 1.82) is 0 Å². The van der Waals surface area contributed by atoms with Crippen LogP contribution in [0, 0.1) is 5.82 Å². The Balaban J connectivity index is 2.36. The van der Waals surface area contributed by atoms with Crippen LogP contribution in [0.5, 0.6) is 0 Å². The van der Waals surface area contributed by atoms with Gasteiger partial charge in [-0.2, -0.15) is 13.2 Å². The molecule has 2 aromatic rings. The van der Waals surface area contributed by atoms with E-state index in [9.17, 15) is 17.6 Å². The average molecular weight is 374 g/mol. The summed E-state index contributed by atoms with van der Waals surface area (Å²) in [7, 11) is 1.35. The topological polar surface area (TPSA) is 46.5 Å². The summed E-state index contributed by atoms with van der Waals surface area (Å²) in [6.45, 7) is 0. The first-order chi connectivity index (χ1) is 11.8. The van der Waals surface area contributed by atoms with Gasteiger partial charge in [0, 0.05) is 24.2 Å². The monoisotopic (exact) mass is 373 g/mol. The molecule has 0 aliphatic heterocycles. The lowest BCUT2D eigenvalue weighted by atomic mass is 10.1. The van der Waals surface area contributed by atoms with E-state index in [1.54, 1.807) is 0 Å². The standard InChI is InChI=1S/C16H12ClF4N3O/c1-25-24-8-10(7-22-13-4-2-12(18)3-5-13)15-14(17)6-11(9-23-15)16(19,20)21/h2-9,24H,1H3/b10-8-,22-7?. The number of hydrogen-bond donors (Lipinski definition) is 1. The fraction of sp³-hybridized carbons (Fsp3) is 0.125. The summed E-state index contributed by atoms with van der Waals surface area (Å²) in [5, 5.41) is -0.204. The van der Waals surface area contributed by atoms with Crippen molar-refractivity contribution in [3.63, 3.8) is 0 Å². The molecule has 0 aliphatic carbocycles. The number of pyridine rings is 1. The third kappa shape index (κ3) is 5.27. The lowest BCUT2D eigenvalue weighted by Gasteiger charge is -2.10. The molecule has 4 nitrogen and oxygen atoms in total. The molecule has 0 atom stereocenters. The third-order valence-electron chi connectivity index (χ3n) is 2.95. The maximum Gasteiger partial charge on any atom is 0.417 e. The molecular formula is C16H12ClF4N3O. The van der Waals surface area contributed by atoms with E-state index < -0.39 is 17.6 Å². The Bertz CT molecular complexity index is 789. The van der Waals surface area contributed by atoms with Crippen molar-refractivity contribution in [1.82, 2.24) is 10.5 Å². The van der Waals surface area contributed by atoms with Crippen molar-refractivity contribution < 1.29 is 22.4 Å². The Labute approximate surface area is 145 Å². The van der Waals surface area contributed by atoms with Crippen molar-refractivity contribution in [2.45, 2.75) is 6.18 Å². The summed E-state index contributed by atoms with van der Waals surface area (Å²) in [5.74, 6) is -0.414. The summed E-state index contributed by atoms with van der Waals surface area (Å²) in [6, 6.07) is 6.11. The highest BCUT2D eigenvalue weighted by Gasteiger charge is 2.31. The highest BCUT2D eigenvalue weighted by atomic mass is 35.5. The van der Waals surface area contributed by atoms with Crippen LogP contribution in [0.1, 0.15) is 11.3 Å². The Morgan fingerprint density at radius 2 is 1.96 bits per heavy atom. The van der Waals surface area contributed by atoms with Crippen LogP contribution >= 0.6 is 11.6 Å². The van der Waals surface area contributed by atoms with Gasteiger partial charge in [0.1, 0.15) is 5.82 Å². The number of aromatic nitrogens is 1. The molecular weight excluding hydrogens is 362 g/mol. The maximum atomic E-state index is 12.9. The van der Waals surface area contributed by atoms with E-state index in [2.05, 4.69) is 15.5 Å². The number of aliphatic imine (C=N–C) groups is 1. The zero-order chi connectivity index (χ0) is 18.4. The molecule has 1 aromatic heterocycles. The van der Waals surface area contributed by atoms with E-state index >= 15 is 0 Å². The van der Waals surface area contributed by atoms with Gasteiger partial charge in [0.15, 0.2) is 0 Å². The van der Waals surface area contributed by atoms with Crippen LogP contribution in [-0.2, 0) is 11.0 Å². The Hall–Kier alpha value is -2.45. The minimum Gasteiger partial charge on any atom is -0.280 e. The molecule has 132 valence electrons.